The number of carbonyl (C=O) groups is 1. The van der Waals surface area contributed by atoms with Crippen molar-refractivity contribution < 1.29 is 26.7 Å². The van der Waals surface area contributed by atoms with E-state index in [0.29, 0.717) is 17.3 Å². The Morgan fingerprint density at radius 3 is 2.34 bits per heavy atom. The first kappa shape index (κ1) is 19.9. The number of ketones is 1. The first-order valence-corrected chi connectivity index (χ1v) is 8.04. The summed E-state index contributed by atoms with van der Waals surface area (Å²) in [5, 5.41) is 12.7. The van der Waals surface area contributed by atoms with Crippen LogP contribution in [0.1, 0.15) is 21.6 Å². The van der Waals surface area contributed by atoms with E-state index >= 15 is 0 Å². The molecule has 1 heterocycles. The maximum atomic E-state index is 13.8. The van der Waals surface area contributed by atoms with Gasteiger partial charge in [-0.15, -0.1) is 0 Å². The summed E-state index contributed by atoms with van der Waals surface area (Å²) in [4.78, 5) is 12.3. The van der Waals surface area contributed by atoms with Gasteiger partial charge in [0.05, 0.1) is 11.3 Å². The first-order chi connectivity index (χ1) is 13.7. The van der Waals surface area contributed by atoms with Crippen molar-refractivity contribution in [2.24, 2.45) is 0 Å². The molecule has 3 aromatic rings. The van der Waals surface area contributed by atoms with E-state index in [9.17, 15) is 32.0 Å². The number of allylic oxidation sites excluding steroid dienone is 1. The van der Waals surface area contributed by atoms with E-state index in [1.54, 1.807) is 6.07 Å². The minimum absolute atomic E-state index is 0.318. The van der Waals surface area contributed by atoms with Crippen molar-refractivity contribution in [2.75, 3.05) is 0 Å². The van der Waals surface area contributed by atoms with Crippen molar-refractivity contribution in [1.82, 2.24) is 9.78 Å². The van der Waals surface area contributed by atoms with E-state index in [4.69, 9.17) is 0 Å². The van der Waals surface area contributed by atoms with E-state index < -0.39 is 40.4 Å². The van der Waals surface area contributed by atoms with Crippen molar-refractivity contribution in [1.29, 1.82) is 5.26 Å². The number of benzene rings is 2. The first-order valence-electron chi connectivity index (χ1n) is 8.04. The molecule has 29 heavy (non-hydrogen) atoms. The molecule has 0 atom stereocenters. The number of rotatable bonds is 4. The minimum Gasteiger partial charge on any atom is -0.288 e. The third-order valence-electron chi connectivity index (χ3n) is 3.89. The van der Waals surface area contributed by atoms with Gasteiger partial charge in [0.15, 0.2) is 5.69 Å². The number of nitrogens with zero attached hydrogens (tertiary/aromatic N) is 3. The van der Waals surface area contributed by atoms with Gasteiger partial charge in [-0.25, -0.2) is 13.5 Å². The molecule has 0 unspecified atom stereocenters. The predicted molar refractivity (Wildman–Crippen MR) is 92.8 cm³/mol. The maximum absolute atomic E-state index is 13.8. The molecule has 2 aromatic carbocycles. The molecule has 1 aromatic heterocycles. The summed E-state index contributed by atoms with van der Waals surface area (Å²) in [5.74, 6) is -2.78. The van der Waals surface area contributed by atoms with E-state index in [0.717, 1.165) is 29.1 Å². The fourth-order valence-electron chi connectivity index (χ4n) is 2.47. The summed E-state index contributed by atoms with van der Waals surface area (Å²) in [6.07, 6.45) is -2.26. The second kappa shape index (κ2) is 7.67. The largest absolute Gasteiger partial charge is 0.435 e. The van der Waals surface area contributed by atoms with E-state index in [2.05, 4.69) is 5.10 Å². The van der Waals surface area contributed by atoms with E-state index in [-0.39, 0.29) is 0 Å². The van der Waals surface area contributed by atoms with Crippen LogP contribution in [0.5, 0.6) is 0 Å². The molecule has 0 amide bonds. The Balaban J connectivity index is 1.87. The Kier molecular flexibility index (Phi) is 5.28. The Bertz CT molecular complexity index is 1140. The monoisotopic (exact) mass is 403 g/mol. The van der Waals surface area contributed by atoms with Crippen LogP contribution in [0, 0.1) is 23.0 Å². The molecule has 9 heteroatoms. The molecule has 0 bridgehead atoms. The molecule has 0 saturated heterocycles. The molecule has 146 valence electrons. The van der Waals surface area contributed by atoms with Crippen LogP contribution in [0.2, 0.25) is 0 Å². The van der Waals surface area contributed by atoms with Gasteiger partial charge in [0, 0.05) is 6.20 Å². The Labute approximate surface area is 161 Å². The second-order valence-corrected chi connectivity index (χ2v) is 5.86. The predicted octanol–water partition coefficient (Wildman–Crippen LogP) is 4.96. The molecular formula is C20H10F5N3O. The summed E-state index contributed by atoms with van der Waals surface area (Å²) >= 11 is 0. The number of aromatic nitrogens is 2. The lowest BCUT2D eigenvalue weighted by Gasteiger charge is -2.04. The zero-order valence-electron chi connectivity index (χ0n) is 14.4. The molecule has 4 nitrogen and oxygen atoms in total. The van der Waals surface area contributed by atoms with Crippen molar-refractivity contribution in [3.8, 4) is 11.8 Å². The lowest BCUT2D eigenvalue weighted by atomic mass is 10.0. The topological polar surface area (TPSA) is 58.7 Å². The highest BCUT2D eigenvalue weighted by atomic mass is 19.4. The summed E-state index contributed by atoms with van der Waals surface area (Å²) in [7, 11) is 0. The van der Waals surface area contributed by atoms with Crippen LogP contribution in [0.4, 0.5) is 22.0 Å². The van der Waals surface area contributed by atoms with Gasteiger partial charge in [0.2, 0.25) is 5.78 Å². The highest BCUT2D eigenvalue weighted by Gasteiger charge is 2.33. The van der Waals surface area contributed by atoms with Gasteiger partial charge in [-0.05, 0) is 48.0 Å². The normalized spacial score (nSPS) is 11.9. The van der Waals surface area contributed by atoms with Gasteiger partial charge in [-0.3, -0.25) is 4.79 Å². The van der Waals surface area contributed by atoms with Crippen LogP contribution in [0.25, 0.3) is 11.8 Å². The Hall–Kier alpha value is -3.80. The molecule has 0 spiro atoms. The van der Waals surface area contributed by atoms with Crippen molar-refractivity contribution in [3.63, 3.8) is 0 Å². The van der Waals surface area contributed by atoms with Gasteiger partial charge in [-0.2, -0.15) is 23.5 Å². The van der Waals surface area contributed by atoms with Gasteiger partial charge in [0.1, 0.15) is 23.3 Å². The number of carbonyl (C=O) groups excluding carboxylic acids is 1. The zero-order chi connectivity index (χ0) is 21.2. The van der Waals surface area contributed by atoms with Crippen LogP contribution >= 0.6 is 0 Å². The smallest absolute Gasteiger partial charge is 0.288 e. The Morgan fingerprint density at radius 1 is 1.07 bits per heavy atom. The number of halogens is 5. The van der Waals surface area contributed by atoms with Crippen molar-refractivity contribution in [3.05, 3.63) is 88.8 Å². The summed E-state index contributed by atoms with van der Waals surface area (Å²) in [5.41, 5.74) is -1.38. The molecule has 0 fully saturated rings. The highest BCUT2D eigenvalue weighted by Crippen LogP contribution is 2.28. The number of nitriles is 1. The third kappa shape index (κ3) is 4.38. The molecule has 0 aliphatic rings. The van der Waals surface area contributed by atoms with Crippen molar-refractivity contribution >= 4 is 11.9 Å². The zero-order valence-corrected chi connectivity index (χ0v) is 14.4. The van der Waals surface area contributed by atoms with E-state index in [1.165, 1.54) is 30.3 Å². The highest BCUT2D eigenvalue weighted by molar-refractivity contribution is 6.14. The van der Waals surface area contributed by atoms with Crippen LogP contribution < -0.4 is 0 Å². The van der Waals surface area contributed by atoms with Crippen LogP contribution in [-0.4, -0.2) is 15.6 Å². The third-order valence-corrected chi connectivity index (χ3v) is 3.89. The molecule has 0 saturated carbocycles. The molecule has 0 N–H and O–H groups in total. The van der Waals surface area contributed by atoms with Crippen LogP contribution in [0.15, 0.2) is 60.3 Å². The van der Waals surface area contributed by atoms with Gasteiger partial charge < -0.3 is 0 Å². The average molecular weight is 403 g/mol. The minimum atomic E-state index is -4.57. The summed E-state index contributed by atoms with van der Waals surface area (Å²) < 4.78 is 66.0. The summed E-state index contributed by atoms with van der Waals surface area (Å²) in [6.45, 7) is 0. The SMILES string of the molecule is N#C/C(=C\c1ccc(-n2ccc(C(F)(F)F)n2)cc1)C(=O)c1cc(F)ccc1F. The lowest BCUT2D eigenvalue weighted by Crippen LogP contribution is -2.07. The fraction of sp³-hybridized carbons (Fsp3) is 0.0500. The maximum Gasteiger partial charge on any atom is 0.435 e. The number of hydrogen-bond acceptors (Lipinski definition) is 3. The van der Waals surface area contributed by atoms with E-state index in [1.807, 2.05) is 0 Å². The van der Waals surface area contributed by atoms with Gasteiger partial charge in [0.25, 0.3) is 0 Å². The molecule has 0 aliphatic heterocycles. The standard InChI is InChI=1S/C20H10F5N3O/c21-14-3-6-17(22)16(10-14)19(29)13(11-26)9-12-1-4-15(5-2-12)28-8-7-18(27-28)20(23,24)25/h1-10H/b13-9+. The molecular weight excluding hydrogens is 393 g/mol. The summed E-state index contributed by atoms with van der Waals surface area (Å²) in [6, 6.07) is 10.5. The number of alkyl halides is 3. The van der Waals surface area contributed by atoms with Crippen LogP contribution in [-0.2, 0) is 6.18 Å². The lowest BCUT2D eigenvalue weighted by molar-refractivity contribution is -0.141. The Morgan fingerprint density at radius 2 is 1.76 bits per heavy atom. The van der Waals surface area contributed by atoms with Crippen LogP contribution in [0.3, 0.4) is 0 Å². The average Bonchev–Trinajstić information content (AvgIpc) is 3.19. The molecule has 0 radical (unpaired) electrons. The van der Waals surface area contributed by atoms with Crippen molar-refractivity contribution in [2.45, 2.75) is 6.18 Å². The fourth-order valence-corrected chi connectivity index (χ4v) is 2.47. The quantitative estimate of drug-likeness (QED) is 0.268. The number of Topliss-reactive ketones (excluding diaryl/α,β-unsaturated/α-hetero) is 1. The molecule has 3 rings (SSSR count). The second-order valence-electron chi connectivity index (χ2n) is 5.86. The van der Waals surface area contributed by atoms with Gasteiger partial charge >= 0.3 is 6.18 Å². The number of hydrogen-bond donors (Lipinski definition) is 0. The van der Waals surface area contributed by atoms with Gasteiger partial charge in [-0.1, -0.05) is 12.1 Å². The molecule has 0 aliphatic carbocycles.